The van der Waals surface area contributed by atoms with Crippen molar-refractivity contribution < 1.29 is 4.79 Å². The summed E-state index contributed by atoms with van der Waals surface area (Å²) in [6.45, 7) is 2.36. The van der Waals surface area contributed by atoms with Gasteiger partial charge in [0.05, 0.1) is 0 Å². The standard InChI is InChI=1S/C16H14ClN3O/c1-10-13-7-12(17)4-5-14(13)20-15(10)16(21)19-9-11-3-2-6-18-8-11/h2-8,20H,9H2,1H3,(H,19,21). The second-order valence-corrected chi connectivity index (χ2v) is 5.30. The molecule has 2 heterocycles. The topological polar surface area (TPSA) is 57.8 Å². The molecule has 0 saturated heterocycles. The Kier molecular flexibility index (Phi) is 3.62. The molecule has 5 heteroatoms. The summed E-state index contributed by atoms with van der Waals surface area (Å²) in [6, 6.07) is 9.31. The largest absolute Gasteiger partial charge is 0.350 e. The Morgan fingerprint density at radius 1 is 1.38 bits per heavy atom. The van der Waals surface area contributed by atoms with E-state index in [2.05, 4.69) is 15.3 Å². The van der Waals surface area contributed by atoms with Crippen LogP contribution in [-0.2, 0) is 6.54 Å². The van der Waals surface area contributed by atoms with Crippen molar-refractivity contribution in [2.75, 3.05) is 0 Å². The number of pyridine rings is 1. The van der Waals surface area contributed by atoms with Crippen molar-refractivity contribution in [3.8, 4) is 0 Å². The van der Waals surface area contributed by atoms with Crippen molar-refractivity contribution in [1.82, 2.24) is 15.3 Å². The van der Waals surface area contributed by atoms with Crippen LogP contribution in [0.25, 0.3) is 10.9 Å². The summed E-state index contributed by atoms with van der Waals surface area (Å²) >= 11 is 6.00. The highest BCUT2D eigenvalue weighted by Gasteiger charge is 2.14. The number of rotatable bonds is 3. The molecule has 0 bridgehead atoms. The number of nitrogens with one attached hydrogen (secondary N) is 2. The molecular formula is C16H14ClN3O. The summed E-state index contributed by atoms with van der Waals surface area (Å²) in [5.74, 6) is -0.135. The van der Waals surface area contributed by atoms with Crippen molar-refractivity contribution in [1.29, 1.82) is 0 Å². The zero-order valence-electron chi connectivity index (χ0n) is 11.5. The van der Waals surface area contributed by atoms with Gasteiger partial charge in [0.2, 0.25) is 0 Å². The monoisotopic (exact) mass is 299 g/mol. The van der Waals surface area contributed by atoms with Gasteiger partial charge in [-0.2, -0.15) is 0 Å². The van der Waals surface area contributed by atoms with Crippen LogP contribution in [0.1, 0.15) is 21.6 Å². The number of carbonyl (C=O) groups is 1. The number of nitrogens with zero attached hydrogens (tertiary/aromatic N) is 1. The van der Waals surface area contributed by atoms with Crippen LogP contribution in [0.3, 0.4) is 0 Å². The Labute approximate surface area is 127 Å². The highest BCUT2D eigenvalue weighted by molar-refractivity contribution is 6.31. The number of aryl methyl sites for hydroxylation is 1. The van der Waals surface area contributed by atoms with Crippen molar-refractivity contribution in [3.63, 3.8) is 0 Å². The molecule has 0 aliphatic heterocycles. The molecule has 0 atom stereocenters. The van der Waals surface area contributed by atoms with Crippen LogP contribution >= 0.6 is 11.6 Å². The van der Waals surface area contributed by atoms with Gasteiger partial charge in [-0.3, -0.25) is 9.78 Å². The molecular weight excluding hydrogens is 286 g/mol. The van der Waals surface area contributed by atoms with Crippen LogP contribution in [0, 0.1) is 6.92 Å². The first-order chi connectivity index (χ1) is 10.1. The van der Waals surface area contributed by atoms with Crippen LogP contribution in [0.5, 0.6) is 0 Å². The van der Waals surface area contributed by atoms with E-state index in [1.54, 1.807) is 18.5 Å². The number of aromatic nitrogens is 2. The van der Waals surface area contributed by atoms with Crippen molar-refractivity contribution >= 4 is 28.4 Å². The van der Waals surface area contributed by atoms with Crippen LogP contribution < -0.4 is 5.32 Å². The Morgan fingerprint density at radius 2 is 2.24 bits per heavy atom. The predicted octanol–water partition coefficient (Wildman–Crippen LogP) is 3.45. The molecule has 0 saturated carbocycles. The number of fused-ring (bicyclic) bond motifs is 1. The van der Waals surface area contributed by atoms with Crippen LogP contribution in [0.4, 0.5) is 0 Å². The summed E-state index contributed by atoms with van der Waals surface area (Å²) in [5.41, 5.74) is 3.33. The molecule has 0 aliphatic rings. The van der Waals surface area contributed by atoms with Gasteiger partial charge in [-0.25, -0.2) is 0 Å². The number of H-pyrrole nitrogens is 1. The number of benzene rings is 1. The number of amides is 1. The van der Waals surface area contributed by atoms with E-state index in [-0.39, 0.29) is 5.91 Å². The highest BCUT2D eigenvalue weighted by atomic mass is 35.5. The Balaban J connectivity index is 1.83. The van der Waals surface area contributed by atoms with E-state index in [0.717, 1.165) is 22.0 Å². The first-order valence-corrected chi connectivity index (χ1v) is 6.98. The fraction of sp³-hybridized carbons (Fsp3) is 0.125. The zero-order chi connectivity index (χ0) is 14.8. The highest BCUT2D eigenvalue weighted by Crippen LogP contribution is 2.24. The van der Waals surface area contributed by atoms with Gasteiger partial charge in [0.1, 0.15) is 5.69 Å². The fourth-order valence-corrected chi connectivity index (χ4v) is 2.47. The van der Waals surface area contributed by atoms with Crippen LogP contribution in [0.2, 0.25) is 5.02 Å². The molecule has 2 N–H and O–H groups in total. The minimum absolute atomic E-state index is 0.135. The lowest BCUT2D eigenvalue weighted by Gasteiger charge is -2.04. The van der Waals surface area contributed by atoms with Gasteiger partial charge in [-0.05, 0) is 42.3 Å². The van der Waals surface area contributed by atoms with Crippen LogP contribution in [-0.4, -0.2) is 15.9 Å². The van der Waals surface area contributed by atoms with E-state index >= 15 is 0 Å². The SMILES string of the molecule is Cc1c(C(=O)NCc2cccnc2)[nH]c2ccc(Cl)cc12. The number of aromatic amines is 1. The molecule has 0 spiro atoms. The van der Waals surface area contributed by atoms with E-state index in [0.29, 0.717) is 17.3 Å². The normalized spacial score (nSPS) is 10.8. The molecule has 106 valence electrons. The summed E-state index contributed by atoms with van der Waals surface area (Å²) in [4.78, 5) is 19.5. The number of carbonyl (C=O) groups excluding carboxylic acids is 1. The minimum Gasteiger partial charge on any atom is -0.350 e. The van der Waals surface area contributed by atoms with E-state index in [4.69, 9.17) is 11.6 Å². The van der Waals surface area contributed by atoms with Crippen molar-refractivity contribution in [3.05, 3.63) is 64.6 Å². The van der Waals surface area contributed by atoms with Gasteiger partial charge in [0, 0.05) is 34.9 Å². The maximum absolute atomic E-state index is 12.3. The number of halogens is 1. The average molecular weight is 300 g/mol. The first-order valence-electron chi connectivity index (χ1n) is 6.60. The first kappa shape index (κ1) is 13.6. The second kappa shape index (κ2) is 5.58. The van der Waals surface area contributed by atoms with E-state index < -0.39 is 0 Å². The van der Waals surface area contributed by atoms with Gasteiger partial charge in [0.25, 0.3) is 5.91 Å². The summed E-state index contributed by atoms with van der Waals surface area (Å²) in [6.07, 6.45) is 3.44. The number of hydrogen-bond donors (Lipinski definition) is 2. The Bertz CT molecular complexity index is 796. The van der Waals surface area contributed by atoms with Crippen molar-refractivity contribution in [2.45, 2.75) is 13.5 Å². The van der Waals surface area contributed by atoms with Gasteiger partial charge < -0.3 is 10.3 Å². The molecule has 0 aliphatic carbocycles. The lowest BCUT2D eigenvalue weighted by atomic mass is 10.1. The maximum atomic E-state index is 12.3. The lowest BCUT2D eigenvalue weighted by molar-refractivity contribution is 0.0946. The Morgan fingerprint density at radius 3 is 3.00 bits per heavy atom. The summed E-state index contributed by atoms with van der Waals surface area (Å²) < 4.78 is 0. The zero-order valence-corrected chi connectivity index (χ0v) is 12.2. The molecule has 0 unspecified atom stereocenters. The maximum Gasteiger partial charge on any atom is 0.268 e. The third-order valence-corrected chi connectivity index (χ3v) is 3.66. The van der Waals surface area contributed by atoms with Crippen LogP contribution in [0.15, 0.2) is 42.7 Å². The van der Waals surface area contributed by atoms with Gasteiger partial charge in [0.15, 0.2) is 0 Å². The van der Waals surface area contributed by atoms with E-state index in [1.165, 1.54) is 0 Å². The van der Waals surface area contributed by atoms with E-state index in [1.807, 2.05) is 31.2 Å². The fourth-order valence-electron chi connectivity index (χ4n) is 2.30. The summed E-state index contributed by atoms with van der Waals surface area (Å²) in [5, 5.41) is 4.51. The number of hydrogen-bond acceptors (Lipinski definition) is 2. The predicted molar refractivity (Wildman–Crippen MR) is 83.5 cm³/mol. The third-order valence-electron chi connectivity index (χ3n) is 3.42. The van der Waals surface area contributed by atoms with Gasteiger partial charge >= 0.3 is 0 Å². The molecule has 0 fully saturated rings. The molecule has 21 heavy (non-hydrogen) atoms. The second-order valence-electron chi connectivity index (χ2n) is 4.86. The molecule has 3 rings (SSSR count). The average Bonchev–Trinajstić information content (AvgIpc) is 2.83. The van der Waals surface area contributed by atoms with Gasteiger partial charge in [-0.15, -0.1) is 0 Å². The summed E-state index contributed by atoms with van der Waals surface area (Å²) in [7, 11) is 0. The molecule has 0 radical (unpaired) electrons. The Hall–Kier alpha value is -2.33. The molecule has 3 aromatic rings. The smallest absolute Gasteiger partial charge is 0.268 e. The lowest BCUT2D eigenvalue weighted by Crippen LogP contribution is -2.23. The van der Waals surface area contributed by atoms with Crippen molar-refractivity contribution in [2.24, 2.45) is 0 Å². The van der Waals surface area contributed by atoms with Gasteiger partial charge in [-0.1, -0.05) is 17.7 Å². The third kappa shape index (κ3) is 2.76. The quantitative estimate of drug-likeness (QED) is 0.778. The minimum atomic E-state index is -0.135. The van der Waals surface area contributed by atoms with E-state index in [9.17, 15) is 4.79 Å². The molecule has 1 amide bonds. The molecule has 4 nitrogen and oxygen atoms in total. The molecule has 2 aromatic heterocycles. The molecule has 1 aromatic carbocycles.